The fraction of sp³-hybridized carbons (Fsp3) is 0.889. The summed E-state index contributed by atoms with van der Waals surface area (Å²) in [5, 5.41) is 8.64. The zero-order valence-electron chi connectivity index (χ0n) is 8.03. The summed E-state index contributed by atoms with van der Waals surface area (Å²) >= 11 is 0. The van der Waals surface area contributed by atoms with E-state index in [1.54, 1.807) is 0 Å². The Bertz CT molecular complexity index is 170. The molecule has 4 nitrogen and oxygen atoms in total. The molecule has 1 N–H and O–H groups in total. The minimum absolute atomic E-state index is 0.0654. The lowest BCUT2D eigenvalue weighted by Gasteiger charge is -2.27. The van der Waals surface area contributed by atoms with Crippen LogP contribution in [0.3, 0.4) is 0 Å². The number of carboxylic acid groups (broad SMARTS) is 1. The molecular formula is C9H16O4. The van der Waals surface area contributed by atoms with E-state index in [2.05, 4.69) is 0 Å². The molecule has 0 aromatic rings. The molecule has 0 aliphatic carbocycles. The van der Waals surface area contributed by atoms with Crippen molar-refractivity contribution in [3.05, 3.63) is 0 Å². The van der Waals surface area contributed by atoms with Gasteiger partial charge < -0.3 is 14.6 Å². The molecule has 76 valence electrons. The van der Waals surface area contributed by atoms with Gasteiger partial charge in [-0.2, -0.15) is 0 Å². The van der Waals surface area contributed by atoms with E-state index in [4.69, 9.17) is 14.6 Å². The summed E-state index contributed by atoms with van der Waals surface area (Å²) in [7, 11) is 0. The van der Waals surface area contributed by atoms with Crippen molar-refractivity contribution in [2.45, 2.75) is 45.0 Å². The van der Waals surface area contributed by atoms with Gasteiger partial charge in [-0.05, 0) is 26.7 Å². The van der Waals surface area contributed by atoms with Crippen LogP contribution in [0, 0.1) is 0 Å². The number of carbonyl (C=O) groups is 1. The molecule has 0 aromatic carbocycles. The Kier molecular flexibility index (Phi) is 3.69. The molecule has 0 spiro atoms. The van der Waals surface area contributed by atoms with Crippen LogP contribution in [0.1, 0.15) is 26.7 Å². The molecule has 1 rings (SSSR count). The van der Waals surface area contributed by atoms with E-state index in [9.17, 15) is 4.79 Å². The van der Waals surface area contributed by atoms with Gasteiger partial charge in [0.05, 0.1) is 18.8 Å². The van der Waals surface area contributed by atoms with Crippen LogP contribution >= 0.6 is 0 Å². The van der Waals surface area contributed by atoms with Crippen molar-refractivity contribution in [3.8, 4) is 0 Å². The molecular weight excluding hydrogens is 172 g/mol. The van der Waals surface area contributed by atoms with Crippen molar-refractivity contribution in [1.29, 1.82) is 0 Å². The maximum atomic E-state index is 10.5. The summed E-state index contributed by atoms with van der Waals surface area (Å²) in [6.45, 7) is 4.32. The predicted octanol–water partition coefficient (Wildman–Crippen LogP) is 1.04. The number of carboxylic acids is 1. The monoisotopic (exact) mass is 188 g/mol. The van der Waals surface area contributed by atoms with Crippen LogP contribution in [-0.2, 0) is 14.3 Å². The standard InChI is InChI=1S/C9H16O4/c1-6(2)13-7-3-4-8(9(10)11)12-5-7/h6-8H,3-5H2,1-2H3,(H,10,11)/t7-,8+/m0/s1. The number of rotatable bonds is 3. The molecule has 1 aliphatic rings. The number of aliphatic carboxylic acids is 1. The summed E-state index contributed by atoms with van der Waals surface area (Å²) in [6, 6.07) is 0. The van der Waals surface area contributed by atoms with E-state index in [1.165, 1.54) is 0 Å². The first-order valence-electron chi connectivity index (χ1n) is 4.59. The maximum Gasteiger partial charge on any atom is 0.332 e. The Morgan fingerprint density at radius 2 is 2.23 bits per heavy atom. The van der Waals surface area contributed by atoms with Gasteiger partial charge >= 0.3 is 5.97 Å². The van der Waals surface area contributed by atoms with Crippen molar-refractivity contribution in [3.63, 3.8) is 0 Å². The minimum Gasteiger partial charge on any atom is -0.479 e. The molecule has 0 amide bonds. The van der Waals surface area contributed by atoms with Crippen LogP contribution in [0.2, 0.25) is 0 Å². The highest BCUT2D eigenvalue weighted by Gasteiger charge is 2.27. The van der Waals surface area contributed by atoms with E-state index in [0.29, 0.717) is 13.0 Å². The number of ether oxygens (including phenoxy) is 2. The summed E-state index contributed by atoms with van der Waals surface area (Å²) in [5.74, 6) is -0.872. The van der Waals surface area contributed by atoms with Crippen LogP contribution in [0.5, 0.6) is 0 Å². The molecule has 0 unspecified atom stereocenters. The number of hydrogen-bond acceptors (Lipinski definition) is 3. The molecule has 4 heteroatoms. The Morgan fingerprint density at radius 1 is 1.54 bits per heavy atom. The van der Waals surface area contributed by atoms with Gasteiger partial charge in [0.25, 0.3) is 0 Å². The van der Waals surface area contributed by atoms with Gasteiger partial charge in [-0.3, -0.25) is 0 Å². The largest absolute Gasteiger partial charge is 0.479 e. The number of hydrogen-bond donors (Lipinski definition) is 1. The third-order valence-corrected chi connectivity index (χ3v) is 1.97. The molecule has 1 fully saturated rings. The highest BCUT2D eigenvalue weighted by atomic mass is 16.6. The third-order valence-electron chi connectivity index (χ3n) is 1.97. The topological polar surface area (TPSA) is 55.8 Å². The second-order valence-electron chi connectivity index (χ2n) is 3.54. The van der Waals surface area contributed by atoms with Crippen molar-refractivity contribution >= 4 is 5.97 Å². The SMILES string of the molecule is CC(C)O[C@H]1CC[C@H](C(=O)O)OC1. The van der Waals surface area contributed by atoms with E-state index < -0.39 is 12.1 Å². The zero-order chi connectivity index (χ0) is 9.84. The molecule has 1 saturated heterocycles. The van der Waals surface area contributed by atoms with Crippen LogP contribution in [0.4, 0.5) is 0 Å². The zero-order valence-corrected chi connectivity index (χ0v) is 8.03. The lowest BCUT2D eigenvalue weighted by Crippen LogP contribution is -2.36. The van der Waals surface area contributed by atoms with Crippen molar-refractivity contribution in [2.75, 3.05) is 6.61 Å². The van der Waals surface area contributed by atoms with Crippen LogP contribution in [0.25, 0.3) is 0 Å². The smallest absolute Gasteiger partial charge is 0.332 e. The summed E-state index contributed by atoms with van der Waals surface area (Å²) < 4.78 is 10.6. The normalized spacial score (nSPS) is 29.2. The Hall–Kier alpha value is -0.610. The Morgan fingerprint density at radius 3 is 2.62 bits per heavy atom. The first kappa shape index (κ1) is 10.5. The van der Waals surface area contributed by atoms with Gasteiger partial charge in [-0.1, -0.05) is 0 Å². The molecule has 0 bridgehead atoms. The molecule has 0 saturated carbocycles. The minimum atomic E-state index is -0.872. The first-order valence-corrected chi connectivity index (χ1v) is 4.59. The molecule has 1 aliphatic heterocycles. The Balaban J connectivity index is 2.26. The third kappa shape index (κ3) is 3.32. The average Bonchev–Trinajstić information content (AvgIpc) is 2.04. The molecule has 13 heavy (non-hydrogen) atoms. The summed E-state index contributed by atoms with van der Waals surface area (Å²) in [4.78, 5) is 10.5. The predicted molar refractivity (Wildman–Crippen MR) is 46.6 cm³/mol. The second-order valence-corrected chi connectivity index (χ2v) is 3.54. The highest BCUT2D eigenvalue weighted by molar-refractivity contribution is 5.72. The first-order chi connectivity index (χ1) is 6.09. The van der Waals surface area contributed by atoms with Crippen molar-refractivity contribution < 1.29 is 19.4 Å². The van der Waals surface area contributed by atoms with Crippen molar-refractivity contribution in [2.24, 2.45) is 0 Å². The van der Waals surface area contributed by atoms with Gasteiger partial charge in [0.15, 0.2) is 6.10 Å². The molecule has 0 aromatic heterocycles. The van der Waals surface area contributed by atoms with Crippen molar-refractivity contribution in [1.82, 2.24) is 0 Å². The summed E-state index contributed by atoms with van der Waals surface area (Å²) in [6.07, 6.45) is 0.930. The lowest BCUT2D eigenvalue weighted by molar-refractivity contribution is -0.162. The van der Waals surface area contributed by atoms with Crippen LogP contribution in [-0.4, -0.2) is 36.0 Å². The van der Waals surface area contributed by atoms with Gasteiger partial charge in [-0.25, -0.2) is 4.79 Å². The fourth-order valence-electron chi connectivity index (χ4n) is 1.41. The average molecular weight is 188 g/mol. The molecule has 2 atom stereocenters. The van der Waals surface area contributed by atoms with Gasteiger partial charge in [-0.15, -0.1) is 0 Å². The maximum absolute atomic E-state index is 10.5. The van der Waals surface area contributed by atoms with E-state index in [-0.39, 0.29) is 12.2 Å². The van der Waals surface area contributed by atoms with Crippen LogP contribution in [0.15, 0.2) is 0 Å². The molecule has 0 radical (unpaired) electrons. The lowest BCUT2D eigenvalue weighted by atomic mass is 10.1. The van der Waals surface area contributed by atoms with E-state index in [0.717, 1.165) is 6.42 Å². The second kappa shape index (κ2) is 4.58. The van der Waals surface area contributed by atoms with Crippen LogP contribution < -0.4 is 0 Å². The fourth-order valence-corrected chi connectivity index (χ4v) is 1.41. The Labute approximate surface area is 77.8 Å². The van der Waals surface area contributed by atoms with Gasteiger partial charge in [0.2, 0.25) is 0 Å². The van der Waals surface area contributed by atoms with E-state index >= 15 is 0 Å². The van der Waals surface area contributed by atoms with E-state index in [1.807, 2.05) is 13.8 Å². The molecule has 1 heterocycles. The quantitative estimate of drug-likeness (QED) is 0.719. The summed E-state index contributed by atoms with van der Waals surface area (Å²) in [5.41, 5.74) is 0. The van der Waals surface area contributed by atoms with Gasteiger partial charge in [0, 0.05) is 0 Å². The highest BCUT2D eigenvalue weighted by Crippen LogP contribution is 2.17. The van der Waals surface area contributed by atoms with Gasteiger partial charge in [0.1, 0.15) is 0 Å².